The predicted octanol–water partition coefficient (Wildman–Crippen LogP) is 3.47. The van der Waals surface area contributed by atoms with Crippen molar-refractivity contribution in [2.75, 3.05) is 0 Å². The zero-order chi connectivity index (χ0) is 13.2. The minimum absolute atomic E-state index is 0.469. The van der Waals surface area contributed by atoms with E-state index in [0.29, 0.717) is 23.2 Å². The Morgan fingerprint density at radius 1 is 1.21 bits per heavy atom. The molecule has 0 amide bonds. The molecule has 1 aromatic heterocycles. The van der Waals surface area contributed by atoms with Crippen LogP contribution < -0.4 is 10.5 Å². The van der Waals surface area contributed by atoms with E-state index in [4.69, 9.17) is 22.1 Å². The number of halogens is 1. The van der Waals surface area contributed by atoms with Crippen molar-refractivity contribution in [2.45, 2.75) is 25.8 Å². The van der Waals surface area contributed by atoms with E-state index in [9.17, 15) is 0 Å². The molecule has 2 aromatic rings. The van der Waals surface area contributed by atoms with Gasteiger partial charge in [0.1, 0.15) is 5.75 Å². The zero-order valence-corrected chi connectivity index (χ0v) is 11.3. The van der Waals surface area contributed by atoms with Crippen molar-refractivity contribution in [1.82, 2.24) is 4.98 Å². The van der Waals surface area contributed by atoms with E-state index in [2.05, 4.69) is 11.1 Å². The summed E-state index contributed by atoms with van der Waals surface area (Å²) in [7, 11) is 0. The van der Waals surface area contributed by atoms with Crippen LogP contribution in [0.2, 0.25) is 5.02 Å². The van der Waals surface area contributed by atoms with Gasteiger partial charge in [0, 0.05) is 18.3 Å². The van der Waals surface area contributed by atoms with Gasteiger partial charge in [-0.15, -0.1) is 0 Å². The number of benzene rings is 1. The van der Waals surface area contributed by atoms with Gasteiger partial charge in [-0.25, -0.2) is 4.98 Å². The standard InChI is InChI=1S/C15H15ClN2O/c16-12-8-10(9-17)4-6-14(12)19-15-7-5-11-2-1-3-13(11)18-15/h4-8H,1-3,9,17H2. The summed E-state index contributed by atoms with van der Waals surface area (Å²) in [5.41, 5.74) is 9.03. The van der Waals surface area contributed by atoms with E-state index < -0.39 is 0 Å². The summed E-state index contributed by atoms with van der Waals surface area (Å²) in [6, 6.07) is 9.56. The molecule has 19 heavy (non-hydrogen) atoms. The van der Waals surface area contributed by atoms with Gasteiger partial charge in [0.25, 0.3) is 0 Å². The highest BCUT2D eigenvalue weighted by molar-refractivity contribution is 6.32. The highest BCUT2D eigenvalue weighted by Gasteiger charge is 2.13. The number of fused-ring (bicyclic) bond motifs is 1. The first-order valence-electron chi connectivity index (χ1n) is 6.41. The summed E-state index contributed by atoms with van der Waals surface area (Å²) < 4.78 is 5.75. The maximum Gasteiger partial charge on any atom is 0.219 e. The van der Waals surface area contributed by atoms with E-state index in [1.54, 1.807) is 0 Å². The van der Waals surface area contributed by atoms with Gasteiger partial charge in [-0.3, -0.25) is 0 Å². The number of aryl methyl sites for hydroxylation is 2. The van der Waals surface area contributed by atoms with Crippen molar-refractivity contribution < 1.29 is 4.74 Å². The van der Waals surface area contributed by atoms with Gasteiger partial charge in [-0.2, -0.15) is 0 Å². The van der Waals surface area contributed by atoms with Gasteiger partial charge in [-0.1, -0.05) is 23.7 Å². The SMILES string of the molecule is NCc1ccc(Oc2ccc3c(n2)CCC3)c(Cl)c1. The maximum absolute atomic E-state index is 6.17. The van der Waals surface area contributed by atoms with Gasteiger partial charge >= 0.3 is 0 Å². The molecule has 0 spiro atoms. The Hall–Kier alpha value is -1.58. The van der Waals surface area contributed by atoms with Crippen molar-refractivity contribution >= 4 is 11.6 Å². The third-order valence-corrected chi connectivity index (χ3v) is 3.64. The normalized spacial score (nSPS) is 13.4. The Balaban J connectivity index is 1.85. The van der Waals surface area contributed by atoms with Crippen LogP contribution in [-0.4, -0.2) is 4.98 Å². The molecule has 0 atom stereocenters. The third kappa shape index (κ3) is 2.57. The lowest BCUT2D eigenvalue weighted by molar-refractivity contribution is 0.461. The maximum atomic E-state index is 6.17. The fourth-order valence-electron chi connectivity index (χ4n) is 2.32. The highest BCUT2D eigenvalue weighted by Crippen LogP contribution is 2.30. The first kappa shape index (κ1) is 12.5. The number of aromatic nitrogens is 1. The molecule has 98 valence electrons. The molecule has 0 fully saturated rings. The van der Waals surface area contributed by atoms with Crippen LogP contribution in [0.3, 0.4) is 0 Å². The summed E-state index contributed by atoms with van der Waals surface area (Å²) in [4.78, 5) is 4.53. The van der Waals surface area contributed by atoms with Crippen LogP contribution >= 0.6 is 11.6 Å². The van der Waals surface area contributed by atoms with Gasteiger partial charge < -0.3 is 10.5 Å². The smallest absolute Gasteiger partial charge is 0.219 e. The van der Waals surface area contributed by atoms with Crippen molar-refractivity contribution in [3.63, 3.8) is 0 Å². The molecule has 0 aliphatic heterocycles. The van der Waals surface area contributed by atoms with Crippen LogP contribution in [0.25, 0.3) is 0 Å². The molecule has 2 N–H and O–H groups in total. The van der Waals surface area contributed by atoms with Crippen molar-refractivity contribution in [2.24, 2.45) is 5.73 Å². The first-order valence-corrected chi connectivity index (χ1v) is 6.79. The van der Waals surface area contributed by atoms with Gasteiger partial charge in [0.15, 0.2) is 0 Å². The molecular formula is C15H15ClN2O. The Kier molecular flexibility index (Phi) is 3.40. The van der Waals surface area contributed by atoms with Gasteiger partial charge in [-0.05, 0) is 42.5 Å². The predicted molar refractivity (Wildman–Crippen MR) is 75.7 cm³/mol. The quantitative estimate of drug-likeness (QED) is 0.932. The minimum Gasteiger partial charge on any atom is -0.437 e. The summed E-state index contributed by atoms with van der Waals surface area (Å²) in [5.74, 6) is 1.22. The number of ether oxygens (including phenoxy) is 1. The van der Waals surface area contributed by atoms with E-state index in [1.807, 2.05) is 24.3 Å². The highest BCUT2D eigenvalue weighted by atomic mass is 35.5. The first-order chi connectivity index (χ1) is 9.26. The summed E-state index contributed by atoms with van der Waals surface area (Å²) in [5, 5.41) is 0.560. The molecule has 0 bridgehead atoms. The molecule has 0 saturated carbocycles. The minimum atomic E-state index is 0.469. The van der Waals surface area contributed by atoms with E-state index in [1.165, 1.54) is 12.0 Å². The molecule has 3 rings (SSSR count). The molecule has 1 aliphatic rings. The van der Waals surface area contributed by atoms with Gasteiger partial charge in [0.2, 0.25) is 5.88 Å². The van der Waals surface area contributed by atoms with Crippen LogP contribution in [-0.2, 0) is 19.4 Å². The van der Waals surface area contributed by atoms with Crippen LogP contribution in [0.15, 0.2) is 30.3 Å². The lowest BCUT2D eigenvalue weighted by atomic mass is 10.2. The topological polar surface area (TPSA) is 48.1 Å². The Morgan fingerprint density at radius 3 is 2.89 bits per heavy atom. The van der Waals surface area contributed by atoms with Crippen molar-refractivity contribution in [3.05, 3.63) is 52.2 Å². The summed E-state index contributed by atoms with van der Waals surface area (Å²) in [6.45, 7) is 0.469. The summed E-state index contributed by atoms with van der Waals surface area (Å²) >= 11 is 6.17. The van der Waals surface area contributed by atoms with E-state index in [0.717, 1.165) is 24.1 Å². The molecule has 1 heterocycles. The zero-order valence-electron chi connectivity index (χ0n) is 10.5. The number of rotatable bonds is 3. The van der Waals surface area contributed by atoms with Gasteiger partial charge in [0.05, 0.1) is 5.02 Å². The molecule has 1 aromatic carbocycles. The lowest BCUT2D eigenvalue weighted by Crippen LogP contribution is -1.97. The number of nitrogens with zero attached hydrogens (tertiary/aromatic N) is 1. The van der Waals surface area contributed by atoms with Crippen molar-refractivity contribution in [3.8, 4) is 11.6 Å². The van der Waals surface area contributed by atoms with E-state index >= 15 is 0 Å². The lowest BCUT2D eigenvalue weighted by Gasteiger charge is -2.09. The molecule has 0 unspecified atom stereocenters. The van der Waals surface area contributed by atoms with Crippen LogP contribution in [0.1, 0.15) is 23.2 Å². The Labute approximate surface area is 117 Å². The summed E-state index contributed by atoms with van der Waals surface area (Å²) in [6.07, 6.45) is 3.33. The Bertz CT molecular complexity index is 613. The largest absolute Gasteiger partial charge is 0.437 e. The Morgan fingerprint density at radius 2 is 2.11 bits per heavy atom. The second-order valence-corrected chi connectivity index (χ2v) is 5.09. The van der Waals surface area contributed by atoms with Crippen LogP contribution in [0.5, 0.6) is 11.6 Å². The van der Waals surface area contributed by atoms with Crippen molar-refractivity contribution in [1.29, 1.82) is 0 Å². The third-order valence-electron chi connectivity index (χ3n) is 3.35. The average Bonchev–Trinajstić information content (AvgIpc) is 2.88. The molecular weight excluding hydrogens is 260 g/mol. The van der Waals surface area contributed by atoms with Crippen LogP contribution in [0.4, 0.5) is 0 Å². The number of pyridine rings is 1. The second-order valence-electron chi connectivity index (χ2n) is 4.68. The van der Waals surface area contributed by atoms with Crippen LogP contribution in [0, 0.1) is 0 Å². The second kappa shape index (κ2) is 5.19. The molecule has 4 heteroatoms. The molecule has 0 saturated heterocycles. The number of hydrogen-bond acceptors (Lipinski definition) is 3. The molecule has 3 nitrogen and oxygen atoms in total. The number of nitrogens with two attached hydrogens (primary N) is 1. The average molecular weight is 275 g/mol. The molecule has 1 aliphatic carbocycles. The number of hydrogen-bond donors (Lipinski definition) is 1. The fraction of sp³-hybridized carbons (Fsp3) is 0.267. The van der Waals surface area contributed by atoms with E-state index in [-0.39, 0.29) is 0 Å². The fourth-order valence-corrected chi connectivity index (χ4v) is 2.57. The monoisotopic (exact) mass is 274 g/mol. The molecule has 0 radical (unpaired) electrons.